The first-order chi connectivity index (χ1) is 13.3. The summed E-state index contributed by atoms with van der Waals surface area (Å²) >= 11 is 0. The standard InChI is InChI=1S/C19H20N6O2/c1-27-17-6-3-2-5-14(17)15-13-16(23-22-15)18(26)24-9-11-25(12-10-24)19-20-7-4-8-21-19/h2-8,13H,9-12H2,1H3,(H,22,23). The molecule has 27 heavy (non-hydrogen) atoms. The summed E-state index contributed by atoms with van der Waals surface area (Å²) in [6, 6.07) is 11.2. The van der Waals surface area contributed by atoms with Gasteiger partial charge in [0.05, 0.1) is 12.8 Å². The Kier molecular flexibility index (Phi) is 4.69. The number of hydrogen-bond acceptors (Lipinski definition) is 6. The fraction of sp³-hybridized carbons (Fsp3) is 0.263. The molecule has 1 saturated heterocycles. The fourth-order valence-electron chi connectivity index (χ4n) is 3.16. The monoisotopic (exact) mass is 364 g/mol. The Morgan fingerprint density at radius 2 is 1.81 bits per heavy atom. The quantitative estimate of drug-likeness (QED) is 0.760. The van der Waals surface area contributed by atoms with Crippen LogP contribution in [0.15, 0.2) is 48.8 Å². The van der Waals surface area contributed by atoms with Gasteiger partial charge in [0.1, 0.15) is 11.4 Å². The van der Waals surface area contributed by atoms with E-state index in [1.807, 2.05) is 29.2 Å². The summed E-state index contributed by atoms with van der Waals surface area (Å²) in [6.07, 6.45) is 3.45. The highest BCUT2D eigenvalue weighted by molar-refractivity contribution is 5.93. The van der Waals surface area contributed by atoms with E-state index in [1.54, 1.807) is 31.6 Å². The third kappa shape index (κ3) is 3.46. The van der Waals surface area contributed by atoms with Crippen LogP contribution in [0.2, 0.25) is 0 Å². The van der Waals surface area contributed by atoms with Gasteiger partial charge in [0.25, 0.3) is 5.91 Å². The van der Waals surface area contributed by atoms with Gasteiger partial charge in [0.2, 0.25) is 5.95 Å². The number of piperazine rings is 1. The molecule has 1 amide bonds. The van der Waals surface area contributed by atoms with E-state index in [9.17, 15) is 4.79 Å². The number of hydrogen-bond donors (Lipinski definition) is 1. The average Bonchev–Trinajstić information content (AvgIpc) is 3.24. The number of H-pyrrole nitrogens is 1. The molecule has 138 valence electrons. The van der Waals surface area contributed by atoms with E-state index >= 15 is 0 Å². The molecule has 8 nitrogen and oxygen atoms in total. The Morgan fingerprint density at radius 1 is 1.07 bits per heavy atom. The topological polar surface area (TPSA) is 87.2 Å². The molecule has 8 heteroatoms. The number of aromatic nitrogens is 4. The lowest BCUT2D eigenvalue weighted by atomic mass is 10.1. The van der Waals surface area contributed by atoms with E-state index in [-0.39, 0.29) is 5.91 Å². The number of nitrogens with one attached hydrogen (secondary N) is 1. The van der Waals surface area contributed by atoms with Crippen LogP contribution in [0.1, 0.15) is 10.5 Å². The maximum atomic E-state index is 12.8. The molecule has 0 bridgehead atoms. The predicted octanol–water partition coefficient (Wildman–Crippen LogP) is 1.84. The van der Waals surface area contributed by atoms with Crippen LogP contribution < -0.4 is 9.64 Å². The Bertz CT molecular complexity index is 919. The Balaban J connectivity index is 1.45. The van der Waals surface area contributed by atoms with Crippen molar-refractivity contribution in [2.75, 3.05) is 38.2 Å². The van der Waals surface area contributed by atoms with Crippen molar-refractivity contribution in [2.24, 2.45) is 0 Å². The second kappa shape index (κ2) is 7.45. The maximum Gasteiger partial charge on any atom is 0.272 e. The summed E-state index contributed by atoms with van der Waals surface area (Å²) in [6.45, 7) is 2.62. The third-order valence-corrected chi connectivity index (χ3v) is 4.59. The Hall–Kier alpha value is -3.42. The molecule has 3 aromatic rings. The van der Waals surface area contributed by atoms with Gasteiger partial charge in [-0.25, -0.2) is 9.97 Å². The number of benzene rings is 1. The zero-order valence-corrected chi connectivity index (χ0v) is 15.0. The molecule has 0 saturated carbocycles. The van der Waals surface area contributed by atoms with Crippen molar-refractivity contribution in [3.63, 3.8) is 0 Å². The smallest absolute Gasteiger partial charge is 0.272 e. The minimum atomic E-state index is -0.0581. The van der Waals surface area contributed by atoms with Crippen molar-refractivity contribution in [1.29, 1.82) is 0 Å². The summed E-state index contributed by atoms with van der Waals surface area (Å²) < 4.78 is 5.37. The number of carbonyl (C=O) groups excluding carboxylic acids is 1. The van der Waals surface area contributed by atoms with Crippen molar-refractivity contribution in [1.82, 2.24) is 25.1 Å². The average molecular weight is 364 g/mol. The minimum absolute atomic E-state index is 0.0581. The summed E-state index contributed by atoms with van der Waals surface area (Å²) in [7, 11) is 1.62. The molecule has 1 fully saturated rings. The lowest BCUT2D eigenvalue weighted by Crippen LogP contribution is -2.49. The molecular formula is C19H20N6O2. The van der Waals surface area contributed by atoms with Gasteiger partial charge in [0, 0.05) is 44.1 Å². The first kappa shape index (κ1) is 17.0. The molecule has 3 heterocycles. The summed E-state index contributed by atoms with van der Waals surface area (Å²) in [5.41, 5.74) is 2.01. The Morgan fingerprint density at radius 3 is 2.56 bits per heavy atom. The van der Waals surface area contributed by atoms with Crippen LogP contribution in [0.5, 0.6) is 5.75 Å². The lowest BCUT2D eigenvalue weighted by Gasteiger charge is -2.34. The molecule has 0 atom stereocenters. The van der Waals surface area contributed by atoms with Gasteiger partial charge in [-0.1, -0.05) is 12.1 Å². The number of para-hydroxylation sites is 1. The Labute approximate surface area is 156 Å². The van der Waals surface area contributed by atoms with Crippen LogP contribution in [-0.2, 0) is 0 Å². The lowest BCUT2D eigenvalue weighted by molar-refractivity contribution is 0.0740. The van der Waals surface area contributed by atoms with Gasteiger partial charge in [-0.2, -0.15) is 5.10 Å². The number of carbonyl (C=O) groups is 1. The maximum absolute atomic E-state index is 12.8. The SMILES string of the molecule is COc1ccccc1-c1cc(C(=O)N2CCN(c3ncccn3)CC2)[nH]n1. The highest BCUT2D eigenvalue weighted by atomic mass is 16.5. The second-order valence-corrected chi connectivity index (χ2v) is 6.20. The molecule has 0 unspecified atom stereocenters. The van der Waals surface area contributed by atoms with Gasteiger partial charge in [-0.3, -0.25) is 9.89 Å². The van der Waals surface area contributed by atoms with E-state index < -0.39 is 0 Å². The highest BCUT2D eigenvalue weighted by Crippen LogP contribution is 2.28. The third-order valence-electron chi connectivity index (χ3n) is 4.59. The zero-order valence-electron chi connectivity index (χ0n) is 15.0. The number of methoxy groups -OCH3 is 1. The minimum Gasteiger partial charge on any atom is -0.496 e. The van der Waals surface area contributed by atoms with Crippen LogP contribution in [0.3, 0.4) is 0 Å². The van der Waals surface area contributed by atoms with Crippen molar-refractivity contribution in [3.05, 3.63) is 54.5 Å². The van der Waals surface area contributed by atoms with Gasteiger partial charge in [0.15, 0.2) is 0 Å². The predicted molar refractivity (Wildman–Crippen MR) is 101 cm³/mol. The van der Waals surface area contributed by atoms with E-state index in [2.05, 4.69) is 25.1 Å². The normalized spacial score (nSPS) is 14.3. The number of aromatic amines is 1. The van der Waals surface area contributed by atoms with Gasteiger partial charge < -0.3 is 14.5 Å². The number of amides is 1. The summed E-state index contributed by atoms with van der Waals surface area (Å²) in [5.74, 6) is 1.36. The molecular weight excluding hydrogens is 344 g/mol. The van der Waals surface area contributed by atoms with E-state index in [0.29, 0.717) is 43.5 Å². The fourth-order valence-corrected chi connectivity index (χ4v) is 3.16. The van der Waals surface area contributed by atoms with Crippen molar-refractivity contribution >= 4 is 11.9 Å². The van der Waals surface area contributed by atoms with E-state index in [0.717, 1.165) is 11.3 Å². The molecule has 1 aliphatic rings. The molecule has 1 N–H and O–H groups in total. The second-order valence-electron chi connectivity index (χ2n) is 6.20. The molecule has 1 aromatic carbocycles. The van der Waals surface area contributed by atoms with Gasteiger partial charge in [-0.05, 0) is 24.3 Å². The first-order valence-electron chi connectivity index (χ1n) is 8.76. The molecule has 0 radical (unpaired) electrons. The number of rotatable bonds is 4. The summed E-state index contributed by atoms with van der Waals surface area (Å²) in [5, 5.41) is 7.15. The number of nitrogens with zero attached hydrogens (tertiary/aromatic N) is 5. The number of anilines is 1. The van der Waals surface area contributed by atoms with Crippen molar-refractivity contribution in [2.45, 2.75) is 0 Å². The van der Waals surface area contributed by atoms with Gasteiger partial charge in [-0.15, -0.1) is 0 Å². The van der Waals surface area contributed by atoms with Crippen LogP contribution in [-0.4, -0.2) is 64.3 Å². The molecule has 0 aliphatic carbocycles. The highest BCUT2D eigenvalue weighted by Gasteiger charge is 2.25. The van der Waals surface area contributed by atoms with Gasteiger partial charge >= 0.3 is 0 Å². The van der Waals surface area contributed by atoms with Crippen LogP contribution in [0.25, 0.3) is 11.3 Å². The molecule has 1 aliphatic heterocycles. The first-order valence-corrected chi connectivity index (χ1v) is 8.76. The molecule has 4 rings (SSSR count). The van der Waals surface area contributed by atoms with Crippen molar-refractivity contribution in [3.8, 4) is 17.0 Å². The van der Waals surface area contributed by atoms with Crippen LogP contribution in [0.4, 0.5) is 5.95 Å². The van der Waals surface area contributed by atoms with E-state index in [1.165, 1.54) is 0 Å². The number of ether oxygens (including phenoxy) is 1. The zero-order chi connectivity index (χ0) is 18.6. The van der Waals surface area contributed by atoms with Crippen molar-refractivity contribution < 1.29 is 9.53 Å². The molecule has 2 aromatic heterocycles. The molecule has 0 spiro atoms. The van der Waals surface area contributed by atoms with E-state index in [4.69, 9.17) is 4.74 Å². The van der Waals surface area contributed by atoms with Crippen LogP contribution >= 0.6 is 0 Å². The van der Waals surface area contributed by atoms with Crippen LogP contribution in [0, 0.1) is 0 Å². The summed E-state index contributed by atoms with van der Waals surface area (Å²) in [4.78, 5) is 25.2. The largest absolute Gasteiger partial charge is 0.496 e.